The third-order valence-corrected chi connectivity index (χ3v) is 9.17. The van der Waals surface area contributed by atoms with Crippen LogP contribution < -0.4 is 26.9 Å². The molecule has 1 atom stereocenters. The number of nitrogens with two attached hydrogens (primary N) is 2. The van der Waals surface area contributed by atoms with Gasteiger partial charge < -0.3 is 26.6 Å². The molecule has 0 fully saturated rings. The zero-order chi connectivity index (χ0) is 38.6. The molecular weight excluding hydrogens is 701 g/mol. The van der Waals surface area contributed by atoms with E-state index in [-0.39, 0.29) is 16.8 Å². The summed E-state index contributed by atoms with van der Waals surface area (Å²) < 4.78 is 67.6. The number of carbonyl (C=O) groups excluding carboxylic acids is 1. The first kappa shape index (κ1) is 40.7. The minimum absolute atomic E-state index is 0.105. The van der Waals surface area contributed by atoms with Gasteiger partial charge in [0.2, 0.25) is 0 Å². The van der Waals surface area contributed by atoms with E-state index in [1.54, 1.807) is 45.0 Å². The standard InChI is InChI=1S/C34H38N6O4S.C2HF3O2/c1-22-18-30(44-4)23(2)24(3)32(22)45(42,43)40-33(36)28-17-11-12-25(19-28)20-29(35)21-37-39-34(41)38-31(26-13-7-5-8-14-26)27-15-9-6-10-16-27;3-2(4,5)1(6)7/h5-19,21,29,31H,20,35H2,1-4H3,(H2,36,40)(H2,38,39,41);(H,6,7)/b37-21-;. The summed E-state index contributed by atoms with van der Waals surface area (Å²) in [5, 5.41) is 14.1. The van der Waals surface area contributed by atoms with Gasteiger partial charge in [-0.3, -0.25) is 0 Å². The van der Waals surface area contributed by atoms with E-state index in [2.05, 4.69) is 20.2 Å². The number of alkyl halides is 3. The number of amidine groups is 1. The second-order valence-corrected chi connectivity index (χ2v) is 13.0. The van der Waals surface area contributed by atoms with Crippen molar-refractivity contribution in [3.05, 3.63) is 130 Å². The third-order valence-electron chi connectivity index (χ3n) is 7.58. The lowest BCUT2D eigenvalue weighted by Crippen LogP contribution is -2.36. The predicted octanol–water partition coefficient (Wildman–Crippen LogP) is 5.29. The molecule has 0 aliphatic rings. The number of halogens is 3. The minimum atomic E-state index is -5.08. The van der Waals surface area contributed by atoms with E-state index in [1.165, 1.54) is 13.3 Å². The van der Waals surface area contributed by atoms with Crippen LogP contribution in [0.2, 0.25) is 0 Å². The van der Waals surface area contributed by atoms with Crippen LogP contribution >= 0.6 is 0 Å². The van der Waals surface area contributed by atoms with Crippen molar-refractivity contribution in [3.63, 3.8) is 0 Å². The molecule has 0 saturated heterocycles. The molecule has 0 radical (unpaired) electrons. The highest BCUT2D eigenvalue weighted by Crippen LogP contribution is 2.31. The molecule has 0 spiro atoms. The van der Waals surface area contributed by atoms with Crippen LogP contribution in [0, 0.1) is 20.8 Å². The average molecular weight is 741 g/mol. The van der Waals surface area contributed by atoms with Gasteiger partial charge in [0.25, 0.3) is 10.0 Å². The Hall–Kier alpha value is -5.74. The van der Waals surface area contributed by atoms with Crippen LogP contribution in [0.15, 0.2) is 105 Å². The summed E-state index contributed by atoms with van der Waals surface area (Å²) in [7, 11) is -2.56. The van der Waals surface area contributed by atoms with Crippen LogP contribution in [0.1, 0.15) is 45.0 Å². The van der Waals surface area contributed by atoms with Crippen molar-refractivity contribution in [2.45, 2.75) is 50.3 Å². The molecule has 0 aliphatic carbocycles. The van der Waals surface area contributed by atoms with Gasteiger partial charge in [0.15, 0.2) is 0 Å². The Morgan fingerprint density at radius 1 is 0.923 bits per heavy atom. The molecule has 0 saturated carbocycles. The summed E-state index contributed by atoms with van der Waals surface area (Å²) in [4.78, 5) is 21.7. The molecule has 276 valence electrons. The fraction of sp³-hybridized carbons (Fsp3) is 0.222. The maximum atomic E-state index is 13.3. The second kappa shape index (κ2) is 18.0. The lowest BCUT2D eigenvalue weighted by molar-refractivity contribution is -0.192. The molecule has 2 amide bonds. The summed E-state index contributed by atoms with van der Waals surface area (Å²) in [5.74, 6) is -2.29. The average Bonchev–Trinajstić information content (AvgIpc) is 3.09. The number of aliphatic carboxylic acids is 1. The predicted molar refractivity (Wildman–Crippen MR) is 192 cm³/mol. The van der Waals surface area contributed by atoms with Crippen LogP contribution in [0.3, 0.4) is 0 Å². The number of ether oxygens (including phenoxy) is 1. The number of amides is 2. The van der Waals surface area contributed by atoms with Gasteiger partial charge in [-0.2, -0.15) is 26.7 Å². The summed E-state index contributed by atoms with van der Waals surface area (Å²) in [6.07, 6.45) is -3.29. The Labute approximate surface area is 299 Å². The highest BCUT2D eigenvalue weighted by Gasteiger charge is 2.38. The Kier molecular flexibility index (Phi) is 14.1. The van der Waals surface area contributed by atoms with Crippen molar-refractivity contribution >= 4 is 34.1 Å². The van der Waals surface area contributed by atoms with Crippen molar-refractivity contribution < 1.29 is 41.0 Å². The molecule has 7 N–H and O–H groups in total. The first-order chi connectivity index (χ1) is 24.4. The number of hydrogen-bond acceptors (Lipinski definition) is 7. The maximum Gasteiger partial charge on any atom is 0.490 e. The van der Waals surface area contributed by atoms with E-state index in [1.807, 2.05) is 66.7 Å². The van der Waals surface area contributed by atoms with E-state index >= 15 is 0 Å². The SMILES string of the molecule is COc1cc(C)c(S(=O)(=O)N=C(N)c2cccc(CC(N)/C=N\NC(=O)NC(c3ccccc3)c3ccccc3)c2)c(C)c1C.O=C(O)C(F)(F)F. The van der Waals surface area contributed by atoms with Gasteiger partial charge in [-0.1, -0.05) is 78.9 Å². The Balaban J connectivity index is 0.000000944. The number of carboxylic acids is 1. The van der Waals surface area contributed by atoms with Gasteiger partial charge in [-0.15, -0.1) is 4.40 Å². The van der Waals surface area contributed by atoms with Crippen molar-refractivity contribution in [1.29, 1.82) is 0 Å². The number of nitrogens with zero attached hydrogens (tertiary/aromatic N) is 2. The summed E-state index contributed by atoms with van der Waals surface area (Å²) in [5.41, 5.74) is 19.8. The number of sulfonamides is 1. The van der Waals surface area contributed by atoms with Gasteiger partial charge in [0.05, 0.1) is 18.0 Å². The number of benzene rings is 4. The number of nitrogens with one attached hydrogen (secondary N) is 2. The first-order valence-corrected chi connectivity index (χ1v) is 17.0. The van der Waals surface area contributed by atoms with Gasteiger partial charge >= 0.3 is 18.2 Å². The Bertz CT molecular complexity index is 1990. The second-order valence-electron chi connectivity index (χ2n) is 11.4. The van der Waals surface area contributed by atoms with Gasteiger partial charge in [0, 0.05) is 17.8 Å². The monoisotopic (exact) mass is 740 g/mol. The largest absolute Gasteiger partial charge is 0.496 e. The number of carboxylic acid groups (broad SMARTS) is 1. The number of hydrogen-bond donors (Lipinski definition) is 5. The summed E-state index contributed by atoms with van der Waals surface area (Å²) in [6.45, 7) is 5.21. The molecule has 4 rings (SSSR count). The smallest absolute Gasteiger partial charge is 0.490 e. The number of hydrazone groups is 1. The van der Waals surface area contributed by atoms with E-state index in [4.69, 9.17) is 26.1 Å². The first-order valence-electron chi connectivity index (χ1n) is 15.5. The molecular formula is C36H39F3N6O6S. The fourth-order valence-electron chi connectivity index (χ4n) is 5.05. The lowest BCUT2D eigenvalue weighted by atomic mass is 9.99. The molecule has 12 nitrogen and oxygen atoms in total. The summed E-state index contributed by atoms with van der Waals surface area (Å²) >= 11 is 0. The van der Waals surface area contributed by atoms with E-state index in [0.29, 0.717) is 34.4 Å². The molecule has 0 heterocycles. The van der Waals surface area contributed by atoms with Crippen LogP contribution in [0.25, 0.3) is 0 Å². The van der Waals surface area contributed by atoms with Crippen LogP contribution in [-0.2, 0) is 21.2 Å². The van der Waals surface area contributed by atoms with E-state index < -0.39 is 34.2 Å². The topological polar surface area (TPSA) is 199 Å². The van der Waals surface area contributed by atoms with Crippen molar-refractivity contribution in [3.8, 4) is 5.75 Å². The zero-order valence-electron chi connectivity index (χ0n) is 28.7. The molecule has 52 heavy (non-hydrogen) atoms. The number of carbonyl (C=O) groups is 2. The molecule has 0 bridgehead atoms. The highest BCUT2D eigenvalue weighted by molar-refractivity contribution is 7.90. The normalized spacial score (nSPS) is 12.5. The van der Waals surface area contributed by atoms with Crippen molar-refractivity contribution in [2.75, 3.05) is 7.11 Å². The highest BCUT2D eigenvalue weighted by atomic mass is 32.2. The fourth-order valence-corrected chi connectivity index (χ4v) is 6.51. The van der Waals surface area contributed by atoms with Crippen LogP contribution in [-0.4, -0.2) is 56.9 Å². The number of methoxy groups -OCH3 is 1. The van der Waals surface area contributed by atoms with Gasteiger partial charge in [-0.25, -0.2) is 15.0 Å². The maximum absolute atomic E-state index is 13.3. The Morgan fingerprint density at radius 3 is 2.00 bits per heavy atom. The quantitative estimate of drug-likeness (QED) is 0.0776. The zero-order valence-corrected chi connectivity index (χ0v) is 29.5. The molecule has 1 unspecified atom stereocenters. The van der Waals surface area contributed by atoms with Crippen LogP contribution in [0.5, 0.6) is 5.75 Å². The van der Waals surface area contributed by atoms with Gasteiger partial charge in [0.1, 0.15) is 11.6 Å². The van der Waals surface area contributed by atoms with E-state index in [9.17, 15) is 26.4 Å². The molecule has 0 aromatic heterocycles. The summed E-state index contributed by atoms with van der Waals surface area (Å²) in [6, 6.07) is 26.5. The van der Waals surface area contributed by atoms with Crippen molar-refractivity contribution in [1.82, 2.24) is 10.7 Å². The number of rotatable bonds is 11. The number of urea groups is 1. The minimum Gasteiger partial charge on any atom is -0.496 e. The van der Waals surface area contributed by atoms with E-state index in [0.717, 1.165) is 16.7 Å². The third kappa shape index (κ3) is 11.4. The molecule has 16 heteroatoms. The molecule has 4 aromatic carbocycles. The molecule has 0 aliphatic heterocycles. The number of aryl methyl sites for hydroxylation is 1. The van der Waals surface area contributed by atoms with Crippen LogP contribution in [0.4, 0.5) is 18.0 Å². The van der Waals surface area contributed by atoms with Gasteiger partial charge in [-0.05, 0) is 72.7 Å². The Morgan fingerprint density at radius 2 is 1.48 bits per heavy atom. The lowest BCUT2D eigenvalue weighted by Gasteiger charge is -2.19. The molecule has 4 aromatic rings. The van der Waals surface area contributed by atoms with Crippen molar-refractivity contribution in [2.24, 2.45) is 21.0 Å².